The van der Waals surface area contributed by atoms with Crippen LogP contribution in [-0.2, 0) is 0 Å². The van der Waals surface area contributed by atoms with Crippen LogP contribution in [-0.4, -0.2) is 35.1 Å². The van der Waals surface area contributed by atoms with E-state index in [-0.39, 0.29) is 0 Å². The van der Waals surface area contributed by atoms with Crippen LogP contribution in [0.3, 0.4) is 0 Å². The minimum Gasteiger partial charge on any atom is -0.367 e. The highest BCUT2D eigenvalue weighted by Gasteiger charge is 2.26. The minimum absolute atomic E-state index is 0.554. The number of rotatable bonds is 5. The zero-order valence-electron chi connectivity index (χ0n) is 10.7. The fourth-order valence-electron chi connectivity index (χ4n) is 2.65. The maximum atomic E-state index is 5.68. The van der Waals surface area contributed by atoms with E-state index in [1.54, 1.807) is 6.33 Å². The van der Waals surface area contributed by atoms with Gasteiger partial charge in [-0.15, -0.1) is 0 Å². The van der Waals surface area contributed by atoms with Crippen LogP contribution in [0.25, 0.3) is 0 Å². The SMILES string of the molecule is NCCC1CCCN1c1cc(NC2CC2)ncn1. The van der Waals surface area contributed by atoms with Gasteiger partial charge < -0.3 is 16.0 Å². The molecule has 1 saturated carbocycles. The molecule has 0 amide bonds. The molecule has 0 aromatic carbocycles. The molecule has 5 nitrogen and oxygen atoms in total. The van der Waals surface area contributed by atoms with Crippen molar-refractivity contribution < 1.29 is 0 Å². The molecule has 98 valence electrons. The largest absolute Gasteiger partial charge is 0.367 e. The first-order valence-electron chi connectivity index (χ1n) is 6.92. The van der Waals surface area contributed by atoms with Crippen molar-refractivity contribution >= 4 is 11.6 Å². The van der Waals surface area contributed by atoms with Crippen LogP contribution in [0.2, 0.25) is 0 Å². The number of nitrogens with zero attached hydrogens (tertiary/aromatic N) is 3. The number of hydrogen-bond acceptors (Lipinski definition) is 5. The van der Waals surface area contributed by atoms with E-state index in [0.29, 0.717) is 12.1 Å². The smallest absolute Gasteiger partial charge is 0.134 e. The highest BCUT2D eigenvalue weighted by molar-refractivity contribution is 5.50. The maximum absolute atomic E-state index is 5.68. The van der Waals surface area contributed by atoms with Crippen LogP contribution in [0.5, 0.6) is 0 Å². The minimum atomic E-state index is 0.554. The Bertz CT molecular complexity index is 404. The fourth-order valence-corrected chi connectivity index (χ4v) is 2.65. The third-order valence-corrected chi connectivity index (χ3v) is 3.75. The van der Waals surface area contributed by atoms with Crippen LogP contribution in [0.1, 0.15) is 32.1 Å². The van der Waals surface area contributed by atoms with Crippen LogP contribution < -0.4 is 16.0 Å². The van der Waals surface area contributed by atoms with Gasteiger partial charge in [0.25, 0.3) is 0 Å². The maximum Gasteiger partial charge on any atom is 0.134 e. The standard InChI is InChI=1S/C13H21N5/c14-6-5-11-2-1-7-18(11)13-8-12(15-9-16-13)17-10-3-4-10/h8-11H,1-7,14H2,(H,15,16,17). The number of nitrogens with two attached hydrogens (primary N) is 1. The Hall–Kier alpha value is -1.36. The van der Waals surface area contributed by atoms with Gasteiger partial charge in [0, 0.05) is 24.7 Å². The lowest BCUT2D eigenvalue weighted by atomic mass is 10.1. The van der Waals surface area contributed by atoms with Gasteiger partial charge in [-0.1, -0.05) is 0 Å². The average Bonchev–Trinajstić information content (AvgIpc) is 3.07. The van der Waals surface area contributed by atoms with Crippen molar-refractivity contribution in [1.82, 2.24) is 9.97 Å². The highest BCUT2D eigenvalue weighted by Crippen LogP contribution is 2.28. The number of anilines is 2. The van der Waals surface area contributed by atoms with E-state index in [1.807, 2.05) is 0 Å². The molecule has 2 fully saturated rings. The summed E-state index contributed by atoms with van der Waals surface area (Å²) in [5, 5.41) is 3.42. The Labute approximate surface area is 108 Å². The topological polar surface area (TPSA) is 67.1 Å². The second-order valence-corrected chi connectivity index (χ2v) is 5.25. The summed E-state index contributed by atoms with van der Waals surface area (Å²) in [7, 11) is 0. The molecule has 1 aromatic rings. The van der Waals surface area contributed by atoms with Crippen molar-refractivity contribution in [3.05, 3.63) is 12.4 Å². The normalized spacial score (nSPS) is 23.4. The molecular formula is C13H21N5. The fraction of sp³-hybridized carbons (Fsp3) is 0.692. The first-order valence-corrected chi connectivity index (χ1v) is 6.92. The summed E-state index contributed by atoms with van der Waals surface area (Å²) in [6.07, 6.45) is 7.71. The highest BCUT2D eigenvalue weighted by atomic mass is 15.2. The van der Waals surface area contributed by atoms with Gasteiger partial charge in [-0.2, -0.15) is 0 Å². The lowest BCUT2D eigenvalue weighted by Crippen LogP contribution is -2.31. The summed E-state index contributed by atoms with van der Waals surface area (Å²) in [5.41, 5.74) is 5.68. The Morgan fingerprint density at radius 2 is 2.22 bits per heavy atom. The molecule has 2 aliphatic rings. The van der Waals surface area contributed by atoms with E-state index < -0.39 is 0 Å². The number of hydrogen-bond donors (Lipinski definition) is 2. The summed E-state index contributed by atoms with van der Waals surface area (Å²) < 4.78 is 0. The molecule has 1 saturated heterocycles. The molecule has 0 bridgehead atoms. The third kappa shape index (κ3) is 2.56. The van der Waals surface area contributed by atoms with Gasteiger partial charge in [0.2, 0.25) is 0 Å². The zero-order valence-corrected chi connectivity index (χ0v) is 10.7. The van der Waals surface area contributed by atoms with E-state index >= 15 is 0 Å². The van der Waals surface area contributed by atoms with Gasteiger partial charge in [-0.05, 0) is 38.6 Å². The van der Waals surface area contributed by atoms with Gasteiger partial charge in [-0.3, -0.25) is 0 Å². The third-order valence-electron chi connectivity index (χ3n) is 3.75. The molecule has 1 aliphatic carbocycles. The lowest BCUT2D eigenvalue weighted by molar-refractivity contribution is 0.614. The van der Waals surface area contributed by atoms with Crippen LogP contribution >= 0.6 is 0 Å². The van der Waals surface area contributed by atoms with E-state index in [1.165, 1.54) is 25.7 Å². The summed E-state index contributed by atoms with van der Waals surface area (Å²) in [6.45, 7) is 1.84. The van der Waals surface area contributed by atoms with Crippen molar-refractivity contribution in [3.8, 4) is 0 Å². The first kappa shape index (κ1) is 11.7. The summed E-state index contributed by atoms with van der Waals surface area (Å²) in [6, 6.07) is 3.26. The molecule has 0 spiro atoms. The lowest BCUT2D eigenvalue weighted by Gasteiger charge is -2.25. The van der Waals surface area contributed by atoms with Crippen LogP contribution in [0.15, 0.2) is 12.4 Å². The molecule has 5 heteroatoms. The van der Waals surface area contributed by atoms with Crippen molar-refractivity contribution in [1.29, 1.82) is 0 Å². The molecule has 1 aromatic heterocycles. The molecule has 3 N–H and O–H groups in total. The summed E-state index contributed by atoms with van der Waals surface area (Å²) >= 11 is 0. The Morgan fingerprint density at radius 3 is 3.00 bits per heavy atom. The van der Waals surface area contributed by atoms with Gasteiger partial charge in [0.05, 0.1) is 0 Å². The van der Waals surface area contributed by atoms with Crippen molar-refractivity contribution in [2.24, 2.45) is 5.73 Å². The first-order chi connectivity index (χ1) is 8.86. The van der Waals surface area contributed by atoms with E-state index in [4.69, 9.17) is 5.73 Å². The molecule has 0 radical (unpaired) electrons. The average molecular weight is 247 g/mol. The summed E-state index contributed by atoms with van der Waals surface area (Å²) in [5.74, 6) is 2.00. The van der Waals surface area contributed by atoms with Gasteiger partial charge in [0.15, 0.2) is 0 Å². The zero-order chi connectivity index (χ0) is 12.4. The molecular weight excluding hydrogens is 226 g/mol. The van der Waals surface area contributed by atoms with E-state index in [2.05, 4.69) is 26.3 Å². The molecule has 3 rings (SSSR count). The van der Waals surface area contributed by atoms with Gasteiger partial charge in [0.1, 0.15) is 18.0 Å². The summed E-state index contributed by atoms with van der Waals surface area (Å²) in [4.78, 5) is 11.1. The predicted molar refractivity (Wildman–Crippen MR) is 72.7 cm³/mol. The van der Waals surface area contributed by atoms with E-state index in [9.17, 15) is 0 Å². The Balaban J connectivity index is 1.73. The molecule has 2 heterocycles. The molecule has 1 atom stereocenters. The second-order valence-electron chi connectivity index (χ2n) is 5.25. The van der Waals surface area contributed by atoms with Crippen molar-refractivity contribution in [2.75, 3.05) is 23.3 Å². The van der Waals surface area contributed by atoms with Crippen molar-refractivity contribution in [3.63, 3.8) is 0 Å². The van der Waals surface area contributed by atoms with Crippen molar-refractivity contribution in [2.45, 2.75) is 44.2 Å². The monoisotopic (exact) mass is 247 g/mol. The van der Waals surface area contributed by atoms with Gasteiger partial charge >= 0.3 is 0 Å². The van der Waals surface area contributed by atoms with E-state index in [0.717, 1.165) is 31.1 Å². The molecule has 1 unspecified atom stereocenters. The Kier molecular flexibility index (Phi) is 3.32. The quantitative estimate of drug-likeness (QED) is 0.822. The Morgan fingerprint density at radius 1 is 1.33 bits per heavy atom. The molecule has 1 aliphatic heterocycles. The predicted octanol–water partition coefficient (Wildman–Crippen LogP) is 1.37. The number of nitrogens with one attached hydrogen (secondary N) is 1. The second kappa shape index (κ2) is 5.10. The number of aromatic nitrogens is 2. The van der Waals surface area contributed by atoms with Crippen LogP contribution in [0, 0.1) is 0 Å². The molecule has 18 heavy (non-hydrogen) atoms. The van der Waals surface area contributed by atoms with Crippen LogP contribution in [0.4, 0.5) is 11.6 Å². The van der Waals surface area contributed by atoms with Gasteiger partial charge in [-0.25, -0.2) is 9.97 Å².